The van der Waals surface area contributed by atoms with Gasteiger partial charge in [0.05, 0.1) is 44.6 Å². The minimum atomic E-state index is 0.915. The van der Waals surface area contributed by atoms with Crippen LogP contribution < -0.4 is 9.80 Å². The van der Waals surface area contributed by atoms with Crippen molar-refractivity contribution < 1.29 is 4.90 Å². The van der Waals surface area contributed by atoms with Crippen LogP contribution in [0.4, 0.5) is 5.82 Å². The number of likely N-dealkylation sites (N-methyl/N-ethyl adjacent to an activating group) is 1. The summed E-state index contributed by atoms with van der Waals surface area (Å²) in [6.45, 7) is 7.85. The van der Waals surface area contributed by atoms with E-state index < -0.39 is 0 Å². The van der Waals surface area contributed by atoms with Crippen molar-refractivity contribution in [2.75, 3.05) is 37.6 Å². The normalized spacial score (nSPS) is 15.1. The van der Waals surface area contributed by atoms with Crippen molar-refractivity contribution >= 4 is 11.5 Å². The number of hydrogen-bond acceptors (Lipinski definition) is 3. The van der Waals surface area contributed by atoms with E-state index in [1.165, 1.54) is 6.54 Å². The molecule has 2 aromatic carbocycles. The molecule has 2 aromatic heterocycles. The fourth-order valence-corrected chi connectivity index (χ4v) is 4.16. The maximum atomic E-state index is 5.04. The lowest BCUT2D eigenvalue weighted by atomic mass is 10.1. The molecule has 1 aliphatic rings. The number of nitrogens with zero attached hydrogens (tertiary/aromatic N) is 4. The summed E-state index contributed by atoms with van der Waals surface area (Å²) in [7, 11) is 0. The van der Waals surface area contributed by atoms with Gasteiger partial charge in [-0.05, 0) is 12.5 Å². The zero-order chi connectivity index (χ0) is 19.6. The van der Waals surface area contributed by atoms with E-state index in [0.717, 1.165) is 60.0 Å². The molecule has 1 fully saturated rings. The Bertz CT molecular complexity index is 1100. The molecule has 5 heteroatoms. The highest BCUT2D eigenvalue weighted by atomic mass is 15.4. The average molecular weight is 385 g/mol. The van der Waals surface area contributed by atoms with Gasteiger partial charge in [0.2, 0.25) is 0 Å². The van der Waals surface area contributed by atoms with Gasteiger partial charge in [0.15, 0.2) is 5.65 Å². The number of piperazine rings is 1. The molecule has 3 heterocycles. The Morgan fingerprint density at radius 3 is 2.21 bits per heavy atom. The second-order valence-corrected chi connectivity index (χ2v) is 7.62. The van der Waals surface area contributed by atoms with E-state index in [-0.39, 0.29) is 0 Å². The Hall–Kier alpha value is -3.18. The minimum Gasteiger partial charge on any atom is -0.345 e. The SMILES string of the molecule is CC[NH+]1CCN(c2cc(-c3ccccc3)nc3c(-c4ccccc4)cnn23)CC1. The molecule has 0 saturated carbocycles. The zero-order valence-electron chi connectivity index (χ0n) is 16.8. The first-order valence-corrected chi connectivity index (χ1v) is 10.4. The van der Waals surface area contributed by atoms with Gasteiger partial charge >= 0.3 is 0 Å². The van der Waals surface area contributed by atoms with Gasteiger partial charge in [-0.2, -0.15) is 9.61 Å². The molecular formula is C24H26N5+. The van der Waals surface area contributed by atoms with Crippen LogP contribution >= 0.6 is 0 Å². The van der Waals surface area contributed by atoms with Crippen LogP contribution in [-0.2, 0) is 0 Å². The van der Waals surface area contributed by atoms with Crippen LogP contribution in [0, 0.1) is 0 Å². The number of benzene rings is 2. The van der Waals surface area contributed by atoms with Gasteiger partial charge in [-0.1, -0.05) is 60.7 Å². The van der Waals surface area contributed by atoms with Crippen LogP contribution in [0.15, 0.2) is 72.9 Å². The quantitative estimate of drug-likeness (QED) is 0.588. The lowest BCUT2D eigenvalue weighted by molar-refractivity contribution is -0.898. The molecule has 0 bridgehead atoms. The van der Waals surface area contributed by atoms with Crippen LogP contribution in [0.5, 0.6) is 0 Å². The Labute approximate surface area is 171 Å². The van der Waals surface area contributed by atoms with Crippen molar-refractivity contribution in [2.24, 2.45) is 0 Å². The first-order chi connectivity index (χ1) is 14.3. The van der Waals surface area contributed by atoms with E-state index in [1.54, 1.807) is 4.90 Å². The number of anilines is 1. The summed E-state index contributed by atoms with van der Waals surface area (Å²) in [5, 5.41) is 4.75. The van der Waals surface area contributed by atoms with E-state index in [9.17, 15) is 0 Å². The zero-order valence-corrected chi connectivity index (χ0v) is 16.8. The molecule has 5 rings (SSSR count). The number of quaternary nitrogens is 1. The third-order valence-corrected chi connectivity index (χ3v) is 5.90. The molecule has 1 N–H and O–H groups in total. The lowest BCUT2D eigenvalue weighted by Gasteiger charge is -2.33. The van der Waals surface area contributed by atoms with Crippen LogP contribution in [0.3, 0.4) is 0 Å². The molecule has 0 radical (unpaired) electrons. The summed E-state index contributed by atoms with van der Waals surface area (Å²) >= 11 is 0. The van der Waals surface area contributed by atoms with E-state index in [4.69, 9.17) is 10.1 Å². The number of nitrogens with one attached hydrogen (secondary N) is 1. The van der Waals surface area contributed by atoms with Crippen LogP contribution in [0.25, 0.3) is 28.0 Å². The Morgan fingerprint density at radius 2 is 1.55 bits per heavy atom. The second-order valence-electron chi connectivity index (χ2n) is 7.62. The molecule has 0 aliphatic carbocycles. The predicted molar refractivity (Wildman–Crippen MR) is 117 cm³/mol. The lowest BCUT2D eigenvalue weighted by Crippen LogP contribution is -3.14. The van der Waals surface area contributed by atoms with Crippen molar-refractivity contribution in [3.8, 4) is 22.4 Å². The number of rotatable bonds is 4. The maximum Gasteiger partial charge on any atom is 0.165 e. The highest BCUT2D eigenvalue weighted by Gasteiger charge is 2.23. The van der Waals surface area contributed by atoms with E-state index >= 15 is 0 Å². The average Bonchev–Trinajstić information content (AvgIpc) is 3.24. The van der Waals surface area contributed by atoms with Gasteiger partial charge < -0.3 is 9.80 Å². The van der Waals surface area contributed by atoms with Gasteiger partial charge in [0.25, 0.3) is 0 Å². The summed E-state index contributed by atoms with van der Waals surface area (Å²) in [6, 6.07) is 23.0. The summed E-state index contributed by atoms with van der Waals surface area (Å²) in [6.07, 6.45) is 1.95. The first kappa shape index (κ1) is 17.9. The molecule has 4 aromatic rings. The first-order valence-electron chi connectivity index (χ1n) is 10.4. The Kier molecular flexibility index (Phi) is 4.74. The number of hydrogen-bond donors (Lipinski definition) is 1. The Morgan fingerprint density at radius 1 is 0.897 bits per heavy atom. The minimum absolute atomic E-state index is 0.915. The van der Waals surface area contributed by atoms with Crippen LogP contribution in [0.1, 0.15) is 6.92 Å². The van der Waals surface area contributed by atoms with Crippen molar-refractivity contribution in [1.82, 2.24) is 14.6 Å². The topological polar surface area (TPSA) is 37.9 Å². The smallest absolute Gasteiger partial charge is 0.165 e. The third-order valence-electron chi connectivity index (χ3n) is 5.90. The molecule has 0 atom stereocenters. The monoisotopic (exact) mass is 384 g/mol. The molecule has 1 saturated heterocycles. The summed E-state index contributed by atoms with van der Waals surface area (Å²) in [4.78, 5) is 9.16. The van der Waals surface area contributed by atoms with Crippen molar-refractivity contribution in [3.05, 3.63) is 72.9 Å². The molecule has 0 spiro atoms. The summed E-state index contributed by atoms with van der Waals surface area (Å²) in [5.41, 5.74) is 5.26. The highest BCUT2D eigenvalue weighted by molar-refractivity contribution is 5.80. The van der Waals surface area contributed by atoms with Crippen molar-refractivity contribution in [3.63, 3.8) is 0 Å². The summed E-state index contributed by atoms with van der Waals surface area (Å²) in [5.74, 6) is 1.13. The fraction of sp³-hybridized carbons (Fsp3) is 0.250. The molecule has 29 heavy (non-hydrogen) atoms. The number of fused-ring (bicyclic) bond motifs is 1. The third kappa shape index (κ3) is 3.38. The van der Waals surface area contributed by atoms with E-state index in [0.29, 0.717) is 0 Å². The number of aromatic nitrogens is 3. The second kappa shape index (κ2) is 7.68. The molecular weight excluding hydrogens is 358 g/mol. The Balaban J connectivity index is 1.66. The molecule has 1 aliphatic heterocycles. The maximum absolute atomic E-state index is 5.04. The van der Waals surface area contributed by atoms with Gasteiger partial charge in [-0.25, -0.2) is 4.98 Å². The van der Waals surface area contributed by atoms with Crippen molar-refractivity contribution in [2.45, 2.75) is 6.92 Å². The largest absolute Gasteiger partial charge is 0.345 e. The van der Waals surface area contributed by atoms with E-state index in [2.05, 4.69) is 66.4 Å². The summed E-state index contributed by atoms with van der Waals surface area (Å²) < 4.78 is 2.02. The van der Waals surface area contributed by atoms with Gasteiger partial charge in [0, 0.05) is 17.2 Å². The molecule has 146 valence electrons. The molecule has 0 unspecified atom stereocenters. The molecule has 5 nitrogen and oxygen atoms in total. The van der Waals surface area contributed by atoms with Gasteiger partial charge in [-0.3, -0.25) is 0 Å². The van der Waals surface area contributed by atoms with E-state index in [1.807, 2.05) is 22.8 Å². The van der Waals surface area contributed by atoms with Gasteiger partial charge in [-0.15, -0.1) is 0 Å². The molecule has 0 amide bonds. The van der Waals surface area contributed by atoms with Gasteiger partial charge in [0.1, 0.15) is 5.82 Å². The van der Waals surface area contributed by atoms with Crippen molar-refractivity contribution in [1.29, 1.82) is 0 Å². The highest BCUT2D eigenvalue weighted by Crippen LogP contribution is 2.30. The van der Waals surface area contributed by atoms with Crippen LogP contribution in [-0.4, -0.2) is 47.3 Å². The standard InChI is InChI=1S/C24H25N5/c1-2-27-13-15-28(16-14-27)23-17-22(20-11-7-4-8-12-20)26-24-21(18-25-29(23)24)19-9-5-3-6-10-19/h3-12,17-18H,2,13-16H2,1H3/p+1. The predicted octanol–water partition coefficient (Wildman–Crippen LogP) is 2.79. The fourth-order valence-electron chi connectivity index (χ4n) is 4.16. The van der Waals surface area contributed by atoms with Crippen LogP contribution in [0.2, 0.25) is 0 Å².